The fourth-order valence-corrected chi connectivity index (χ4v) is 6.89. The van der Waals surface area contributed by atoms with Crippen LogP contribution in [-0.4, -0.2) is 6.21 Å². The van der Waals surface area contributed by atoms with Crippen molar-refractivity contribution < 1.29 is 4.74 Å². The van der Waals surface area contributed by atoms with Gasteiger partial charge in [0.2, 0.25) is 0 Å². The highest BCUT2D eigenvalue weighted by Crippen LogP contribution is 2.50. The summed E-state index contributed by atoms with van der Waals surface area (Å²) in [6, 6.07) is 29.9. The monoisotopic (exact) mass is 626 g/mol. The molecule has 1 N–H and O–H groups in total. The van der Waals surface area contributed by atoms with Gasteiger partial charge in [0.25, 0.3) is 0 Å². The maximum Gasteiger partial charge on any atom is 0.142 e. The predicted molar refractivity (Wildman–Crippen MR) is 164 cm³/mol. The van der Waals surface area contributed by atoms with E-state index in [2.05, 4.69) is 111 Å². The fourth-order valence-electron chi connectivity index (χ4n) is 5.51. The van der Waals surface area contributed by atoms with E-state index in [1.165, 1.54) is 22.4 Å². The zero-order valence-corrected chi connectivity index (χ0v) is 24.2. The van der Waals surface area contributed by atoms with Crippen LogP contribution in [0.3, 0.4) is 0 Å². The van der Waals surface area contributed by atoms with E-state index < -0.39 is 0 Å². The van der Waals surface area contributed by atoms with Gasteiger partial charge in [0.15, 0.2) is 0 Å². The molecule has 3 atom stereocenters. The Kier molecular flexibility index (Phi) is 7.22. The van der Waals surface area contributed by atoms with Gasteiger partial charge in [0, 0.05) is 27.9 Å². The van der Waals surface area contributed by atoms with Gasteiger partial charge in [-0.15, -0.1) is 0 Å². The summed E-state index contributed by atoms with van der Waals surface area (Å²) >= 11 is 7.26. The Balaban J connectivity index is 1.22. The quantitative estimate of drug-likeness (QED) is 0.170. The number of halogens is 2. The maximum atomic E-state index is 6.20. The molecule has 5 heteroatoms. The summed E-state index contributed by atoms with van der Waals surface area (Å²) in [6.45, 7) is 2.66. The zero-order valence-electron chi connectivity index (χ0n) is 21.1. The largest absolute Gasteiger partial charge is 0.487 e. The van der Waals surface area contributed by atoms with Gasteiger partial charge in [-0.1, -0.05) is 88.2 Å². The van der Waals surface area contributed by atoms with E-state index in [1.54, 1.807) is 0 Å². The van der Waals surface area contributed by atoms with Crippen molar-refractivity contribution in [2.24, 2.45) is 10.9 Å². The minimum atomic E-state index is 0.280. The SMILES string of the molecule is Cc1ccc2c(c1)[C@@H]1C=CC[C@H]1[C@H](c1ccc(N=Cc3cc(Br)cc(Br)c3OCc3ccccc3)cc1)N2. The number of nitrogens with one attached hydrogen (secondary N) is 1. The van der Waals surface area contributed by atoms with Crippen molar-refractivity contribution in [2.45, 2.75) is 31.9 Å². The number of hydrogen-bond acceptors (Lipinski definition) is 3. The van der Waals surface area contributed by atoms with Gasteiger partial charge in [-0.2, -0.15) is 0 Å². The zero-order chi connectivity index (χ0) is 26.1. The minimum absolute atomic E-state index is 0.280. The third-order valence-electron chi connectivity index (χ3n) is 7.39. The van der Waals surface area contributed by atoms with Crippen LogP contribution in [0.25, 0.3) is 0 Å². The molecule has 1 heterocycles. The highest BCUT2D eigenvalue weighted by atomic mass is 79.9. The van der Waals surface area contributed by atoms with Crippen LogP contribution in [0, 0.1) is 12.8 Å². The number of hydrogen-bond donors (Lipinski definition) is 1. The summed E-state index contributed by atoms with van der Waals surface area (Å²) in [7, 11) is 0. The summed E-state index contributed by atoms with van der Waals surface area (Å²) in [5, 5.41) is 3.83. The second kappa shape index (κ2) is 10.9. The summed E-state index contributed by atoms with van der Waals surface area (Å²) in [5.41, 5.74) is 8.22. The van der Waals surface area contributed by atoms with Crippen LogP contribution in [0.1, 0.15) is 46.2 Å². The van der Waals surface area contributed by atoms with Crippen LogP contribution >= 0.6 is 31.9 Å². The Morgan fingerprint density at radius 1 is 0.974 bits per heavy atom. The molecule has 0 fully saturated rings. The molecule has 1 aliphatic heterocycles. The second-order valence-corrected chi connectivity index (χ2v) is 11.8. The molecule has 0 saturated heterocycles. The number of rotatable bonds is 6. The van der Waals surface area contributed by atoms with Crippen LogP contribution in [-0.2, 0) is 6.61 Å². The lowest BCUT2D eigenvalue weighted by molar-refractivity contribution is 0.304. The van der Waals surface area contributed by atoms with Crippen LogP contribution < -0.4 is 10.1 Å². The lowest BCUT2D eigenvalue weighted by Gasteiger charge is -2.37. The van der Waals surface area contributed by atoms with Gasteiger partial charge in [0.1, 0.15) is 12.4 Å². The molecule has 0 bridgehead atoms. The molecular formula is C33H28Br2N2O. The minimum Gasteiger partial charge on any atom is -0.487 e. The van der Waals surface area contributed by atoms with E-state index in [0.717, 1.165) is 37.9 Å². The first-order valence-corrected chi connectivity index (χ1v) is 14.5. The first kappa shape index (κ1) is 25.1. The molecule has 0 radical (unpaired) electrons. The molecule has 4 aromatic carbocycles. The van der Waals surface area contributed by atoms with Crippen molar-refractivity contribution in [1.29, 1.82) is 0 Å². The lowest BCUT2D eigenvalue weighted by Crippen LogP contribution is -2.29. The van der Waals surface area contributed by atoms with Gasteiger partial charge in [-0.3, -0.25) is 4.99 Å². The van der Waals surface area contributed by atoms with E-state index in [4.69, 9.17) is 9.73 Å². The summed E-state index contributed by atoms with van der Waals surface area (Å²) in [6.07, 6.45) is 7.70. The number of aliphatic imine (C=N–C) groups is 1. The Hall–Kier alpha value is -3.15. The summed E-state index contributed by atoms with van der Waals surface area (Å²) < 4.78 is 8.05. The number of aryl methyl sites for hydroxylation is 1. The highest BCUT2D eigenvalue weighted by Gasteiger charge is 2.37. The number of fused-ring (bicyclic) bond motifs is 3. The van der Waals surface area contributed by atoms with E-state index in [1.807, 2.05) is 36.5 Å². The van der Waals surface area contributed by atoms with Crippen molar-refractivity contribution in [3.8, 4) is 5.75 Å². The van der Waals surface area contributed by atoms with Crippen molar-refractivity contribution in [1.82, 2.24) is 0 Å². The lowest BCUT2D eigenvalue weighted by atomic mass is 9.76. The maximum absolute atomic E-state index is 6.20. The average Bonchev–Trinajstić information content (AvgIpc) is 3.42. The molecule has 0 unspecified atom stereocenters. The standard InChI is InChI=1S/C33H28Br2N2O/c1-21-10-15-31-29(16-21)27-8-5-9-28(27)32(37-31)23-11-13-26(14-12-23)36-19-24-17-25(34)18-30(35)33(24)38-20-22-6-3-2-4-7-22/h2-8,10-19,27-28,32,37H,9,20H2,1H3/t27-,28-,32+/m1/s1. The third-order valence-corrected chi connectivity index (χ3v) is 8.43. The molecule has 0 saturated carbocycles. The van der Waals surface area contributed by atoms with E-state index in [9.17, 15) is 0 Å². The average molecular weight is 628 g/mol. The smallest absolute Gasteiger partial charge is 0.142 e. The number of benzene rings is 4. The summed E-state index contributed by atoms with van der Waals surface area (Å²) in [5.74, 6) is 1.78. The van der Waals surface area contributed by atoms with Gasteiger partial charge in [0.05, 0.1) is 16.2 Å². The van der Waals surface area contributed by atoms with Crippen molar-refractivity contribution in [3.05, 3.63) is 134 Å². The van der Waals surface area contributed by atoms with E-state index >= 15 is 0 Å². The van der Waals surface area contributed by atoms with Gasteiger partial charge < -0.3 is 10.1 Å². The van der Waals surface area contributed by atoms with Crippen LogP contribution in [0.4, 0.5) is 11.4 Å². The fraction of sp³-hybridized carbons (Fsp3) is 0.182. The highest BCUT2D eigenvalue weighted by molar-refractivity contribution is 9.11. The topological polar surface area (TPSA) is 33.6 Å². The Morgan fingerprint density at radius 2 is 1.79 bits per heavy atom. The Morgan fingerprint density at radius 3 is 2.61 bits per heavy atom. The summed E-state index contributed by atoms with van der Waals surface area (Å²) in [4.78, 5) is 4.79. The van der Waals surface area contributed by atoms with Crippen LogP contribution in [0.15, 0.2) is 111 Å². The predicted octanol–water partition coefficient (Wildman–Crippen LogP) is 9.68. The Bertz CT molecular complexity index is 1510. The van der Waals surface area contributed by atoms with Gasteiger partial charge >= 0.3 is 0 Å². The Labute approximate surface area is 240 Å². The third kappa shape index (κ3) is 5.23. The number of ether oxygens (including phenoxy) is 1. The van der Waals surface area contributed by atoms with Crippen LogP contribution in [0.2, 0.25) is 0 Å². The second-order valence-electron chi connectivity index (χ2n) is 10.00. The molecule has 6 rings (SSSR count). The molecular weight excluding hydrogens is 600 g/mol. The number of anilines is 1. The van der Waals surface area contributed by atoms with Gasteiger partial charge in [-0.25, -0.2) is 0 Å². The molecule has 38 heavy (non-hydrogen) atoms. The van der Waals surface area contributed by atoms with Crippen molar-refractivity contribution in [3.63, 3.8) is 0 Å². The van der Waals surface area contributed by atoms with E-state index in [0.29, 0.717) is 18.4 Å². The molecule has 3 nitrogen and oxygen atoms in total. The van der Waals surface area contributed by atoms with Crippen molar-refractivity contribution >= 4 is 49.4 Å². The van der Waals surface area contributed by atoms with Crippen molar-refractivity contribution in [2.75, 3.05) is 5.32 Å². The first-order chi connectivity index (χ1) is 18.5. The molecule has 4 aromatic rings. The molecule has 2 aliphatic rings. The molecule has 1 aliphatic carbocycles. The first-order valence-electron chi connectivity index (χ1n) is 12.9. The molecule has 0 spiro atoms. The van der Waals surface area contributed by atoms with E-state index in [-0.39, 0.29) is 6.04 Å². The van der Waals surface area contributed by atoms with Gasteiger partial charge in [-0.05, 0) is 82.2 Å². The van der Waals surface area contributed by atoms with Crippen LogP contribution in [0.5, 0.6) is 5.75 Å². The normalized spacial score (nSPS) is 19.7. The molecule has 190 valence electrons. The number of allylic oxidation sites excluding steroid dienone is 2. The molecule has 0 amide bonds. The number of nitrogens with zero attached hydrogens (tertiary/aromatic N) is 1. The molecule has 0 aromatic heterocycles.